The van der Waals surface area contributed by atoms with Gasteiger partial charge in [0, 0.05) is 16.3 Å². The molecule has 0 spiro atoms. The van der Waals surface area contributed by atoms with Gasteiger partial charge in [0.15, 0.2) is 15.6 Å². The summed E-state index contributed by atoms with van der Waals surface area (Å²) in [6.45, 7) is 2.87. The number of rotatable bonds is 4. The fraction of sp³-hybridized carbons (Fsp3) is 0.364. The molecular formula is C11H12Cl2O3S. The first-order valence-electron chi connectivity index (χ1n) is 5.00. The van der Waals surface area contributed by atoms with Crippen molar-refractivity contribution in [1.29, 1.82) is 0 Å². The first-order chi connectivity index (χ1) is 7.79. The van der Waals surface area contributed by atoms with E-state index in [2.05, 4.69) is 0 Å². The van der Waals surface area contributed by atoms with E-state index in [0.717, 1.165) is 0 Å². The molecule has 0 amide bonds. The summed E-state index contributed by atoms with van der Waals surface area (Å²) in [5, 5.41) is -0.524. The highest BCUT2D eigenvalue weighted by atomic mass is 35.5. The minimum Gasteiger partial charge on any atom is -0.293 e. The van der Waals surface area contributed by atoms with E-state index in [1.165, 1.54) is 32.0 Å². The predicted molar refractivity (Wildman–Crippen MR) is 69.7 cm³/mol. The summed E-state index contributed by atoms with van der Waals surface area (Å²) in [5.41, 5.74) is 0.181. The second-order valence-electron chi connectivity index (χ2n) is 3.58. The van der Waals surface area contributed by atoms with Crippen LogP contribution in [0.2, 0.25) is 10.0 Å². The summed E-state index contributed by atoms with van der Waals surface area (Å²) in [6.07, 6.45) is 0. The number of carbonyl (C=O) groups is 1. The Balaban J connectivity index is 3.14. The lowest BCUT2D eigenvalue weighted by molar-refractivity contribution is 0.0991. The fourth-order valence-electron chi connectivity index (χ4n) is 1.32. The topological polar surface area (TPSA) is 51.2 Å². The van der Waals surface area contributed by atoms with Gasteiger partial charge in [-0.15, -0.1) is 0 Å². The molecule has 0 fully saturated rings. The molecular weight excluding hydrogens is 283 g/mol. The highest BCUT2D eigenvalue weighted by Crippen LogP contribution is 2.23. The Kier molecular flexibility index (Phi) is 4.58. The Hall–Kier alpha value is -0.580. The third-order valence-electron chi connectivity index (χ3n) is 2.51. The zero-order valence-corrected chi connectivity index (χ0v) is 11.7. The standard InChI is InChI=1S/C11H12Cl2O3S/c1-3-17(15,16)7(2)11(14)9-5-4-8(12)6-10(9)13/h4-7H,3H2,1-2H3. The van der Waals surface area contributed by atoms with Crippen molar-refractivity contribution in [1.82, 2.24) is 0 Å². The van der Waals surface area contributed by atoms with Crippen LogP contribution in [0.5, 0.6) is 0 Å². The molecule has 0 radical (unpaired) electrons. The fourth-order valence-corrected chi connectivity index (χ4v) is 2.78. The maximum Gasteiger partial charge on any atom is 0.182 e. The largest absolute Gasteiger partial charge is 0.293 e. The average Bonchev–Trinajstić information content (AvgIpc) is 2.27. The highest BCUT2D eigenvalue weighted by Gasteiger charge is 2.28. The lowest BCUT2D eigenvalue weighted by Gasteiger charge is -2.11. The SMILES string of the molecule is CCS(=O)(=O)C(C)C(=O)c1ccc(Cl)cc1Cl. The first kappa shape index (κ1) is 14.5. The number of carbonyl (C=O) groups excluding carboxylic acids is 1. The molecule has 1 aromatic carbocycles. The Bertz CT molecular complexity index is 538. The van der Waals surface area contributed by atoms with Crippen LogP contribution in [-0.4, -0.2) is 25.2 Å². The third-order valence-corrected chi connectivity index (χ3v) is 5.15. The number of ketones is 1. The van der Waals surface area contributed by atoms with Gasteiger partial charge < -0.3 is 0 Å². The third kappa shape index (κ3) is 3.21. The molecule has 6 heteroatoms. The molecule has 0 aliphatic rings. The van der Waals surface area contributed by atoms with Gasteiger partial charge in [0.2, 0.25) is 0 Å². The summed E-state index contributed by atoms with van der Waals surface area (Å²) >= 11 is 11.6. The average molecular weight is 295 g/mol. The van der Waals surface area contributed by atoms with Crippen LogP contribution in [0, 0.1) is 0 Å². The summed E-state index contributed by atoms with van der Waals surface area (Å²) in [4.78, 5) is 12.0. The Morgan fingerprint density at radius 3 is 2.41 bits per heavy atom. The normalized spacial score (nSPS) is 13.4. The molecule has 0 aliphatic carbocycles. The molecule has 94 valence electrons. The van der Waals surface area contributed by atoms with Crippen molar-refractivity contribution in [3.63, 3.8) is 0 Å². The van der Waals surface area contributed by atoms with Crippen LogP contribution in [0.1, 0.15) is 24.2 Å². The molecule has 0 aromatic heterocycles. The molecule has 0 aliphatic heterocycles. The van der Waals surface area contributed by atoms with Crippen LogP contribution in [0.25, 0.3) is 0 Å². The van der Waals surface area contributed by atoms with Gasteiger partial charge >= 0.3 is 0 Å². The molecule has 0 heterocycles. The summed E-state index contributed by atoms with van der Waals surface area (Å²) in [5.74, 6) is -0.584. The van der Waals surface area contributed by atoms with E-state index in [9.17, 15) is 13.2 Å². The molecule has 1 aromatic rings. The van der Waals surface area contributed by atoms with Gasteiger partial charge in [-0.3, -0.25) is 4.79 Å². The molecule has 17 heavy (non-hydrogen) atoms. The van der Waals surface area contributed by atoms with Gasteiger partial charge in [-0.2, -0.15) is 0 Å². The van der Waals surface area contributed by atoms with Gasteiger partial charge in [0.05, 0.1) is 5.02 Å². The van der Waals surface area contributed by atoms with Gasteiger partial charge in [-0.25, -0.2) is 8.42 Å². The van der Waals surface area contributed by atoms with E-state index < -0.39 is 20.9 Å². The number of halogens is 2. The molecule has 0 N–H and O–H groups in total. The maximum absolute atomic E-state index is 12.0. The number of Topliss-reactive ketones (excluding diaryl/α,β-unsaturated/α-hetero) is 1. The van der Waals surface area contributed by atoms with Gasteiger partial charge in [0.1, 0.15) is 5.25 Å². The van der Waals surface area contributed by atoms with Crippen LogP contribution < -0.4 is 0 Å². The van der Waals surface area contributed by atoms with Crippen molar-refractivity contribution in [3.8, 4) is 0 Å². The quantitative estimate of drug-likeness (QED) is 0.802. The molecule has 0 saturated heterocycles. The summed E-state index contributed by atoms with van der Waals surface area (Å²) in [7, 11) is -3.41. The molecule has 1 rings (SSSR count). The zero-order valence-electron chi connectivity index (χ0n) is 9.41. The van der Waals surface area contributed by atoms with E-state index in [1.807, 2.05) is 0 Å². The number of hydrogen-bond acceptors (Lipinski definition) is 3. The highest BCUT2D eigenvalue weighted by molar-refractivity contribution is 7.92. The molecule has 0 bridgehead atoms. The van der Waals surface area contributed by atoms with Crippen molar-refractivity contribution >= 4 is 38.8 Å². The number of benzene rings is 1. The Morgan fingerprint density at radius 2 is 1.94 bits per heavy atom. The van der Waals surface area contributed by atoms with Crippen molar-refractivity contribution in [2.45, 2.75) is 19.1 Å². The molecule has 3 nitrogen and oxygen atoms in total. The second kappa shape index (κ2) is 5.38. The van der Waals surface area contributed by atoms with Crippen LogP contribution in [-0.2, 0) is 9.84 Å². The Labute approximate surface area is 111 Å². The van der Waals surface area contributed by atoms with Crippen LogP contribution >= 0.6 is 23.2 Å². The Morgan fingerprint density at radius 1 is 1.35 bits per heavy atom. The minimum atomic E-state index is -3.41. The predicted octanol–water partition coefficient (Wildman–Crippen LogP) is 3.00. The van der Waals surface area contributed by atoms with Crippen LogP contribution in [0.3, 0.4) is 0 Å². The van der Waals surface area contributed by atoms with E-state index in [-0.39, 0.29) is 16.3 Å². The molecule has 1 unspecified atom stereocenters. The van der Waals surface area contributed by atoms with Gasteiger partial charge in [0.25, 0.3) is 0 Å². The molecule has 0 saturated carbocycles. The number of sulfone groups is 1. The summed E-state index contributed by atoms with van der Waals surface area (Å²) in [6, 6.07) is 4.36. The molecule has 1 atom stereocenters. The lowest BCUT2D eigenvalue weighted by Crippen LogP contribution is -2.28. The van der Waals surface area contributed by atoms with Crippen LogP contribution in [0.15, 0.2) is 18.2 Å². The number of hydrogen-bond donors (Lipinski definition) is 0. The minimum absolute atomic E-state index is 0.0783. The van der Waals surface area contributed by atoms with Crippen molar-refractivity contribution in [2.75, 3.05) is 5.75 Å². The van der Waals surface area contributed by atoms with Crippen molar-refractivity contribution in [2.24, 2.45) is 0 Å². The monoisotopic (exact) mass is 294 g/mol. The lowest BCUT2D eigenvalue weighted by atomic mass is 10.1. The van der Waals surface area contributed by atoms with E-state index in [0.29, 0.717) is 5.02 Å². The smallest absolute Gasteiger partial charge is 0.182 e. The van der Waals surface area contributed by atoms with Crippen molar-refractivity contribution in [3.05, 3.63) is 33.8 Å². The second-order valence-corrected chi connectivity index (χ2v) is 7.04. The van der Waals surface area contributed by atoms with Gasteiger partial charge in [-0.1, -0.05) is 30.1 Å². The zero-order chi connectivity index (χ0) is 13.2. The van der Waals surface area contributed by atoms with Crippen molar-refractivity contribution < 1.29 is 13.2 Å². The maximum atomic E-state index is 12.0. The van der Waals surface area contributed by atoms with Gasteiger partial charge in [-0.05, 0) is 25.1 Å². The van der Waals surface area contributed by atoms with E-state index in [4.69, 9.17) is 23.2 Å². The first-order valence-corrected chi connectivity index (χ1v) is 7.47. The van der Waals surface area contributed by atoms with Crippen LogP contribution in [0.4, 0.5) is 0 Å². The van der Waals surface area contributed by atoms with E-state index in [1.54, 1.807) is 0 Å². The van der Waals surface area contributed by atoms with E-state index >= 15 is 0 Å². The summed E-state index contributed by atoms with van der Waals surface area (Å²) < 4.78 is 23.2.